The summed E-state index contributed by atoms with van der Waals surface area (Å²) in [4.78, 5) is 69.4. The van der Waals surface area contributed by atoms with E-state index >= 15 is 0 Å². The SMILES string of the molecule is CC(=O)Nc1nc2c(ncn2[C@@H]2O[C@H]3[C@@H](OC(=O)[C@H]3OC(C)=O)[C@H]2OC(C)=O)c(=O)[nH]1. The number of amides is 1. The van der Waals surface area contributed by atoms with Gasteiger partial charge >= 0.3 is 17.9 Å². The predicted molar refractivity (Wildman–Crippen MR) is 97.4 cm³/mol. The molecule has 0 aliphatic carbocycles. The Hall–Kier alpha value is -3.81. The highest BCUT2D eigenvalue weighted by Crippen LogP contribution is 2.41. The van der Waals surface area contributed by atoms with E-state index < -0.39 is 60.0 Å². The fourth-order valence-corrected chi connectivity index (χ4v) is 3.55. The van der Waals surface area contributed by atoms with Gasteiger partial charge in [0.1, 0.15) is 6.10 Å². The average Bonchev–Trinajstić information content (AvgIpc) is 3.29. The summed E-state index contributed by atoms with van der Waals surface area (Å²) < 4.78 is 22.8. The van der Waals surface area contributed by atoms with Crippen molar-refractivity contribution in [2.75, 3.05) is 5.32 Å². The summed E-state index contributed by atoms with van der Waals surface area (Å²) in [5.41, 5.74) is -0.672. The molecule has 2 N–H and O–H groups in total. The van der Waals surface area contributed by atoms with Gasteiger partial charge in [-0.1, -0.05) is 0 Å². The van der Waals surface area contributed by atoms with Gasteiger partial charge in [0.25, 0.3) is 5.56 Å². The van der Waals surface area contributed by atoms with E-state index in [1.54, 1.807) is 0 Å². The van der Waals surface area contributed by atoms with Crippen molar-refractivity contribution >= 4 is 40.9 Å². The van der Waals surface area contributed by atoms with Gasteiger partial charge in [0.05, 0.1) is 6.33 Å². The van der Waals surface area contributed by atoms with Crippen molar-refractivity contribution in [3.8, 4) is 0 Å². The number of anilines is 1. The lowest BCUT2D eigenvalue weighted by Gasteiger charge is -2.22. The molecule has 0 spiro atoms. The normalized spacial score (nSPS) is 26.9. The third-order valence-corrected chi connectivity index (χ3v) is 4.60. The van der Waals surface area contributed by atoms with Crippen LogP contribution in [0.2, 0.25) is 0 Å². The molecule has 14 nitrogen and oxygen atoms in total. The van der Waals surface area contributed by atoms with Crippen molar-refractivity contribution in [3.63, 3.8) is 0 Å². The lowest BCUT2D eigenvalue weighted by molar-refractivity contribution is -0.174. The number of H-pyrrole nitrogens is 1. The van der Waals surface area contributed by atoms with E-state index in [1.165, 1.54) is 17.8 Å². The zero-order chi connectivity index (χ0) is 22.4. The minimum atomic E-state index is -1.35. The number of esters is 3. The van der Waals surface area contributed by atoms with Crippen LogP contribution in [0.4, 0.5) is 5.95 Å². The van der Waals surface area contributed by atoms with Gasteiger partial charge in [-0.05, 0) is 0 Å². The Balaban J connectivity index is 1.76. The molecule has 1 amide bonds. The van der Waals surface area contributed by atoms with Gasteiger partial charge in [0.2, 0.25) is 18.0 Å². The number of aromatic nitrogens is 4. The number of nitrogens with one attached hydrogen (secondary N) is 2. The molecule has 2 aliphatic rings. The molecule has 0 aromatic carbocycles. The minimum Gasteiger partial charge on any atom is -0.454 e. The molecule has 2 aliphatic heterocycles. The minimum absolute atomic E-state index is 0.0185. The second kappa shape index (κ2) is 7.46. The molecule has 0 unspecified atom stereocenters. The molecule has 2 fully saturated rings. The second-order valence-electron chi connectivity index (χ2n) is 6.92. The molecule has 0 bridgehead atoms. The van der Waals surface area contributed by atoms with E-state index in [2.05, 4.69) is 20.3 Å². The molecule has 0 saturated carbocycles. The van der Waals surface area contributed by atoms with Crippen molar-refractivity contribution < 1.29 is 38.1 Å². The topological polar surface area (TPSA) is 181 Å². The van der Waals surface area contributed by atoms with Crippen LogP contribution in [-0.4, -0.2) is 67.7 Å². The predicted octanol–water partition coefficient (Wildman–Crippen LogP) is -1.24. The number of carbonyl (C=O) groups excluding carboxylic acids is 4. The Morgan fingerprint density at radius 1 is 1.13 bits per heavy atom. The number of nitrogens with zero attached hydrogens (tertiary/aromatic N) is 3. The molecule has 14 heteroatoms. The molecule has 0 radical (unpaired) electrons. The zero-order valence-electron chi connectivity index (χ0n) is 16.5. The van der Waals surface area contributed by atoms with E-state index in [1.807, 2.05) is 0 Å². The van der Waals surface area contributed by atoms with E-state index in [-0.39, 0.29) is 17.1 Å². The van der Waals surface area contributed by atoms with Gasteiger partial charge in [-0.15, -0.1) is 0 Å². The number of ether oxygens (including phenoxy) is 4. The quantitative estimate of drug-likeness (QED) is 0.433. The number of hydrogen-bond acceptors (Lipinski definition) is 11. The molecule has 2 saturated heterocycles. The number of hydrogen-bond donors (Lipinski definition) is 2. The summed E-state index contributed by atoms with van der Waals surface area (Å²) in [7, 11) is 0. The van der Waals surface area contributed by atoms with Crippen molar-refractivity contribution in [1.82, 2.24) is 19.5 Å². The summed E-state index contributed by atoms with van der Waals surface area (Å²) in [5.74, 6) is -2.83. The Morgan fingerprint density at radius 2 is 1.84 bits per heavy atom. The Morgan fingerprint density at radius 3 is 2.48 bits per heavy atom. The van der Waals surface area contributed by atoms with Crippen LogP contribution in [0.25, 0.3) is 11.2 Å². The lowest BCUT2D eigenvalue weighted by atomic mass is 10.1. The van der Waals surface area contributed by atoms with Gasteiger partial charge in [-0.25, -0.2) is 9.78 Å². The van der Waals surface area contributed by atoms with E-state index in [4.69, 9.17) is 18.9 Å². The molecule has 4 rings (SSSR count). The highest BCUT2D eigenvalue weighted by atomic mass is 16.7. The summed E-state index contributed by atoms with van der Waals surface area (Å²) >= 11 is 0. The fraction of sp³-hybridized carbons (Fsp3) is 0.471. The van der Waals surface area contributed by atoms with E-state index in [9.17, 15) is 24.0 Å². The molecular weight excluding hydrogens is 418 g/mol. The second-order valence-corrected chi connectivity index (χ2v) is 6.92. The van der Waals surface area contributed by atoms with Crippen LogP contribution in [-0.2, 0) is 38.1 Å². The highest BCUT2D eigenvalue weighted by Gasteiger charge is 2.61. The van der Waals surface area contributed by atoms with Gasteiger partial charge in [-0.3, -0.25) is 34.0 Å². The Bertz CT molecular complexity index is 1150. The smallest absolute Gasteiger partial charge is 0.350 e. The highest BCUT2D eigenvalue weighted by molar-refractivity contribution is 5.87. The molecule has 5 atom stereocenters. The van der Waals surface area contributed by atoms with Crippen LogP contribution in [0, 0.1) is 0 Å². The van der Waals surface area contributed by atoms with Crippen LogP contribution in [0.15, 0.2) is 11.1 Å². The van der Waals surface area contributed by atoms with Crippen LogP contribution in [0.5, 0.6) is 0 Å². The number of carbonyl (C=O) groups is 4. The van der Waals surface area contributed by atoms with Crippen molar-refractivity contribution in [3.05, 3.63) is 16.7 Å². The Labute approximate surface area is 172 Å². The first kappa shape index (κ1) is 20.5. The summed E-state index contributed by atoms with van der Waals surface area (Å²) in [5, 5.41) is 2.36. The van der Waals surface area contributed by atoms with Crippen molar-refractivity contribution in [2.45, 2.75) is 51.4 Å². The monoisotopic (exact) mass is 435 g/mol. The van der Waals surface area contributed by atoms with E-state index in [0.717, 1.165) is 13.8 Å². The average molecular weight is 435 g/mol. The first-order valence-corrected chi connectivity index (χ1v) is 9.10. The maximum Gasteiger partial charge on any atom is 0.350 e. The van der Waals surface area contributed by atoms with Crippen LogP contribution in [0.1, 0.15) is 27.0 Å². The summed E-state index contributed by atoms with van der Waals surface area (Å²) in [6.07, 6.45) is -4.52. The van der Waals surface area contributed by atoms with Gasteiger partial charge in [0.15, 0.2) is 29.6 Å². The van der Waals surface area contributed by atoms with Gasteiger partial charge < -0.3 is 18.9 Å². The van der Waals surface area contributed by atoms with E-state index in [0.29, 0.717) is 0 Å². The zero-order valence-corrected chi connectivity index (χ0v) is 16.5. The molecule has 2 aromatic rings. The van der Waals surface area contributed by atoms with Crippen LogP contribution >= 0.6 is 0 Å². The first-order chi connectivity index (χ1) is 14.7. The molecule has 2 aromatic heterocycles. The number of aromatic amines is 1. The maximum atomic E-state index is 12.3. The number of fused-ring (bicyclic) bond motifs is 2. The largest absolute Gasteiger partial charge is 0.454 e. The third kappa shape index (κ3) is 3.61. The number of rotatable bonds is 4. The van der Waals surface area contributed by atoms with Crippen LogP contribution in [0.3, 0.4) is 0 Å². The lowest BCUT2D eigenvalue weighted by Crippen LogP contribution is -2.36. The molecule has 31 heavy (non-hydrogen) atoms. The summed E-state index contributed by atoms with van der Waals surface area (Å²) in [6.45, 7) is 3.53. The molecular formula is C17H17N5O9. The first-order valence-electron chi connectivity index (χ1n) is 9.10. The van der Waals surface area contributed by atoms with Crippen molar-refractivity contribution in [2.24, 2.45) is 0 Å². The summed E-state index contributed by atoms with van der Waals surface area (Å²) in [6, 6.07) is 0. The molecule has 4 heterocycles. The van der Waals surface area contributed by atoms with Gasteiger partial charge in [0, 0.05) is 20.8 Å². The standard InChI is InChI=1S/C17H17N5O9/c1-5(23)19-17-20-13-8(14(26)21-17)18-4-22(13)15-11(28-6(2)24)9-10(30-15)12(16(27)31-9)29-7(3)25/h4,9-12,15H,1-3H3,(H2,19,20,21,23,26)/t9-,10+,11-,12+,15-/m1/s1. The third-order valence-electron chi connectivity index (χ3n) is 4.60. The fourth-order valence-electron chi connectivity index (χ4n) is 3.55. The van der Waals surface area contributed by atoms with Crippen LogP contribution < -0.4 is 10.9 Å². The van der Waals surface area contributed by atoms with Gasteiger partial charge in [-0.2, -0.15) is 4.98 Å². The Kier molecular flexibility index (Phi) is 4.93. The maximum absolute atomic E-state index is 12.3. The number of imidazole rings is 1. The van der Waals surface area contributed by atoms with Crippen molar-refractivity contribution in [1.29, 1.82) is 0 Å². The molecule has 164 valence electrons.